The standard InChI is InChI=1S/C18H24FN3O2.2ClH/c1-12(2)9-13(10-20)22-17(23)7-8-18-21-11-16(24-18)14-5-3-4-6-15(14)19;;/h3-6,11-13H,7-10,20H2,1-2H3,(H,22,23);2*1H. The van der Waals surface area contributed by atoms with E-state index in [2.05, 4.69) is 24.1 Å². The van der Waals surface area contributed by atoms with Crippen LogP contribution in [0.1, 0.15) is 32.6 Å². The van der Waals surface area contributed by atoms with E-state index in [1.54, 1.807) is 18.2 Å². The Morgan fingerprint density at radius 2 is 2.00 bits per heavy atom. The minimum absolute atomic E-state index is 0. The summed E-state index contributed by atoms with van der Waals surface area (Å²) in [6.07, 6.45) is 2.94. The number of rotatable bonds is 8. The number of aromatic nitrogens is 1. The van der Waals surface area contributed by atoms with Crippen molar-refractivity contribution in [3.63, 3.8) is 0 Å². The molecule has 1 aromatic heterocycles. The minimum atomic E-state index is -0.364. The van der Waals surface area contributed by atoms with Crippen molar-refractivity contribution in [3.05, 3.63) is 42.2 Å². The van der Waals surface area contributed by atoms with Crippen LogP contribution in [-0.2, 0) is 11.2 Å². The molecule has 5 nitrogen and oxygen atoms in total. The molecule has 0 aliphatic rings. The van der Waals surface area contributed by atoms with Gasteiger partial charge >= 0.3 is 0 Å². The van der Waals surface area contributed by atoms with E-state index in [1.165, 1.54) is 12.3 Å². The molecule has 8 heteroatoms. The number of hydrogen-bond acceptors (Lipinski definition) is 4. The van der Waals surface area contributed by atoms with Gasteiger partial charge in [0, 0.05) is 25.4 Å². The highest BCUT2D eigenvalue weighted by atomic mass is 35.5. The molecule has 0 aliphatic heterocycles. The molecule has 0 spiro atoms. The molecule has 1 amide bonds. The normalized spacial score (nSPS) is 11.4. The van der Waals surface area contributed by atoms with E-state index in [0.717, 1.165) is 6.42 Å². The van der Waals surface area contributed by atoms with Gasteiger partial charge in [0.05, 0.1) is 11.8 Å². The minimum Gasteiger partial charge on any atom is -0.441 e. The summed E-state index contributed by atoms with van der Waals surface area (Å²) in [5, 5.41) is 2.92. The molecule has 0 saturated heterocycles. The van der Waals surface area contributed by atoms with Crippen molar-refractivity contribution in [1.82, 2.24) is 10.3 Å². The summed E-state index contributed by atoms with van der Waals surface area (Å²) in [6.45, 7) is 4.60. The first-order valence-electron chi connectivity index (χ1n) is 8.18. The molecule has 26 heavy (non-hydrogen) atoms. The summed E-state index contributed by atoms with van der Waals surface area (Å²) in [5.74, 6) is 0.794. The van der Waals surface area contributed by atoms with Crippen LogP contribution in [0.25, 0.3) is 11.3 Å². The third kappa shape index (κ3) is 7.32. The molecule has 1 aromatic carbocycles. The Morgan fingerprint density at radius 3 is 2.62 bits per heavy atom. The molecule has 2 aromatic rings. The lowest BCUT2D eigenvalue weighted by Gasteiger charge is -2.18. The van der Waals surface area contributed by atoms with Gasteiger partial charge < -0.3 is 15.5 Å². The molecular weight excluding hydrogens is 380 g/mol. The highest BCUT2D eigenvalue weighted by Crippen LogP contribution is 2.23. The molecule has 146 valence electrons. The molecule has 0 fully saturated rings. The van der Waals surface area contributed by atoms with E-state index in [0.29, 0.717) is 36.1 Å². The largest absolute Gasteiger partial charge is 0.441 e. The maximum atomic E-state index is 13.7. The first-order valence-corrected chi connectivity index (χ1v) is 8.18. The number of nitrogens with two attached hydrogens (primary N) is 1. The van der Waals surface area contributed by atoms with Gasteiger partial charge in [0.2, 0.25) is 5.91 Å². The second-order valence-electron chi connectivity index (χ2n) is 6.23. The van der Waals surface area contributed by atoms with Gasteiger partial charge in [-0.1, -0.05) is 26.0 Å². The van der Waals surface area contributed by atoms with E-state index in [1.807, 2.05) is 0 Å². The summed E-state index contributed by atoms with van der Waals surface area (Å²) in [7, 11) is 0. The van der Waals surface area contributed by atoms with Crippen LogP contribution in [0, 0.1) is 11.7 Å². The van der Waals surface area contributed by atoms with Crippen LogP contribution in [-0.4, -0.2) is 23.5 Å². The third-order valence-electron chi connectivity index (χ3n) is 3.66. The average Bonchev–Trinajstić information content (AvgIpc) is 3.01. The van der Waals surface area contributed by atoms with Gasteiger partial charge in [-0.3, -0.25) is 4.79 Å². The molecule has 0 aliphatic carbocycles. The fourth-order valence-corrected chi connectivity index (χ4v) is 2.51. The summed E-state index contributed by atoms with van der Waals surface area (Å²) in [6, 6.07) is 6.33. The highest BCUT2D eigenvalue weighted by Gasteiger charge is 2.14. The lowest BCUT2D eigenvalue weighted by atomic mass is 10.0. The van der Waals surface area contributed by atoms with Gasteiger partial charge in [-0.05, 0) is 24.5 Å². The Labute approximate surface area is 165 Å². The van der Waals surface area contributed by atoms with Crippen molar-refractivity contribution in [2.75, 3.05) is 6.54 Å². The maximum absolute atomic E-state index is 13.7. The first kappa shape index (κ1) is 24.4. The molecule has 3 N–H and O–H groups in total. The Morgan fingerprint density at radius 1 is 1.31 bits per heavy atom. The number of nitrogens with one attached hydrogen (secondary N) is 1. The topological polar surface area (TPSA) is 81.1 Å². The van der Waals surface area contributed by atoms with E-state index in [-0.39, 0.29) is 49.0 Å². The first-order chi connectivity index (χ1) is 11.5. The van der Waals surface area contributed by atoms with Crippen molar-refractivity contribution < 1.29 is 13.6 Å². The molecule has 1 heterocycles. The Balaban J connectivity index is 0.00000312. The van der Waals surface area contributed by atoms with Crippen molar-refractivity contribution in [1.29, 1.82) is 0 Å². The molecule has 0 bridgehead atoms. The van der Waals surface area contributed by atoms with Crippen molar-refractivity contribution in [3.8, 4) is 11.3 Å². The Kier molecular flexibility index (Phi) is 11.1. The number of nitrogens with zero attached hydrogens (tertiary/aromatic N) is 1. The van der Waals surface area contributed by atoms with Crippen LogP contribution in [0.3, 0.4) is 0 Å². The van der Waals surface area contributed by atoms with E-state index >= 15 is 0 Å². The average molecular weight is 406 g/mol. The van der Waals surface area contributed by atoms with Crippen LogP contribution >= 0.6 is 24.8 Å². The van der Waals surface area contributed by atoms with Gasteiger partial charge in [-0.25, -0.2) is 9.37 Å². The number of amides is 1. The Bertz CT molecular complexity index is 680. The quantitative estimate of drug-likeness (QED) is 0.700. The smallest absolute Gasteiger partial charge is 0.220 e. The van der Waals surface area contributed by atoms with E-state index in [4.69, 9.17) is 10.2 Å². The van der Waals surface area contributed by atoms with Crippen LogP contribution in [0.15, 0.2) is 34.9 Å². The fraction of sp³-hybridized carbons (Fsp3) is 0.444. The third-order valence-corrected chi connectivity index (χ3v) is 3.66. The van der Waals surface area contributed by atoms with Crippen molar-refractivity contribution in [2.24, 2.45) is 11.7 Å². The van der Waals surface area contributed by atoms with Crippen LogP contribution in [0.4, 0.5) is 4.39 Å². The monoisotopic (exact) mass is 405 g/mol. The zero-order valence-electron chi connectivity index (χ0n) is 14.9. The molecular formula is C18H26Cl2FN3O2. The predicted molar refractivity (Wildman–Crippen MR) is 105 cm³/mol. The summed E-state index contributed by atoms with van der Waals surface area (Å²) in [4.78, 5) is 16.1. The van der Waals surface area contributed by atoms with Crippen molar-refractivity contribution >= 4 is 30.7 Å². The molecule has 1 unspecified atom stereocenters. The lowest BCUT2D eigenvalue weighted by molar-refractivity contribution is -0.121. The number of carbonyl (C=O) groups is 1. The van der Waals surface area contributed by atoms with Crippen molar-refractivity contribution in [2.45, 2.75) is 39.2 Å². The van der Waals surface area contributed by atoms with E-state index < -0.39 is 0 Å². The second kappa shape index (κ2) is 11.9. The van der Waals surface area contributed by atoms with Crippen LogP contribution in [0.2, 0.25) is 0 Å². The molecule has 0 saturated carbocycles. The number of aryl methyl sites for hydroxylation is 1. The number of hydrogen-bond donors (Lipinski definition) is 2. The SMILES string of the molecule is CC(C)CC(CN)NC(=O)CCc1ncc(-c2ccccc2F)o1.Cl.Cl. The zero-order valence-corrected chi connectivity index (χ0v) is 16.5. The molecule has 2 rings (SSSR count). The van der Waals surface area contributed by atoms with Gasteiger partial charge in [0.25, 0.3) is 0 Å². The van der Waals surface area contributed by atoms with Crippen LogP contribution < -0.4 is 11.1 Å². The highest BCUT2D eigenvalue weighted by molar-refractivity contribution is 5.85. The molecule has 0 radical (unpaired) electrons. The number of carbonyl (C=O) groups excluding carboxylic acids is 1. The number of benzene rings is 1. The number of oxazole rings is 1. The lowest BCUT2D eigenvalue weighted by Crippen LogP contribution is -2.41. The van der Waals surface area contributed by atoms with Gasteiger partial charge in [-0.15, -0.1) is 24.8 Å². The summed E-state index contributed by atoms with van der Waals surface area (Å²) < 4.78 is 19.3. The second-order valence-corrected chi connectivity index (χ2v) is 6.23. The fourth-order valence-electron chi connectivity index (χ4n) is 2.51. The van der Waals surface area contributed by atoms with Gasteiger partial charge in [0.15, 0.2) is 11.7 Å². The van der Waals surface area contributed by atoms with Gasteiger partial charge in [0.1, 0.15) is 5.82 Å². The summed E-state index contributed by atoms with van der Waals surface area (Å²) >= 11 is 0. The maximum Gasteiger partial charge on any atom is 0.220 e. The van der Waals surface area contributed by atoms with Gasteiger partial charge in [-0.2, -0.15) is 0 Å². The Hall–Kier alpha value is -1.63. The summed E-state index contributed by atoms with van der Waals surface area (Å²) in [5.41, 5.74) is 6.04. The molecule has 1 atom stereocenters. The number of halogens is 3. The zero-order chi connectivity index (χ0) is 17.5. The van der Waals surface area contributed by atoms with Crippen LogP contribution in [0.5, 0.6) is 0 Å². The predicted octanol–water partition coefficient (Wildman–Crippen LogP) is 3.75. The van der Waals surface area contributed by atoms with E-state index in [9.17, 15) is 9.18 Å².